The van der Waals surface area contributed by atoms with Gasteiger partial charge in [0.25, 0.3) is 0 Å². The van der Waals surface area contributed by atoms with Crippen LogP contribution in [0.1, 0.15) is 38.3 Å². The zero-order valence-electron chi connectivity index (χ0n) is 12.4. The van der Waals surface area contributed by atoms with E-state index in [9.17, 15) is 9.90 Å². The molecule has 1 aromatic carbocycles. The molecule has 110 valence electrons. The third kappa shape index (κ3) is 3.76. The van der Waals surface area contributed by atoms with E-state index in [1.54, 1.807) is 18.7 Å². The van der Waals surface area contributed by atoms with Crippen molar-refractivity contribution in [1.29, 1.82) is 0 Å². The van der Waals surface area contributed by atoms with Crippen molar-refractivity contribution in [2.24, 2.45) is 0 Å². The van der Waals surface area contributed by atoms with Crippen molar-refractivity contribution in [3.8, 4) is 0 Å². The van der Waals surface area contributed by atoms with Gasteiger partial charge in [0.15, 0.2) is 0 Å². The monoisotopic (exact) mass is 293 g/mol. The molecule has 0 bridgehead atoms. The summed E-state index contributed by atoms with van der Waals surface area (Å²) in [5.41, 5.74) is 2.30. The van der Waals surface area contributed by atoms with Gasteiger partial charge in [-0.05, 0) is 63.3 Å². The first-order chi connectivity index (χ1) is 9.38. The fourth-order valence-corrected chi connectivity index (χ4v) is 3.05. The molecule has 1 amide bonds. The highest BCUT2D eigenvalue weighted by molar-refractivity contribution is 8.00. The molecule has 1 unspecified atom stereocenters. The van der Waals surface area contributed by atoms with Crippen molar-refractivity contribution in [3.05, 3.63) is 29.3 Å². The topological polar surface area (TPSA) is 49.3 Å². The highest BCUT2D eigenvalue weighted by Crippen LogP contribution is 2.27. The van der Waals surface area contributed by atoms with Crippen molar-refractivity contribution in [2.75, 3.05) is 5.75 Å². The van der Waals surface area contributed by atoms with Gasteiger partial charge in [-0.1, -0.05) is 6.07 Å². The molecule has 3 nitrogen and oxygen atoms in total. The van der Waals surface area contributed by atoms with E-state index in [2.05, 4.69) is 23.5 Å². The fraction of sp³-hybridized carbons (Fsp3) is 0.562. The van der Waals surface area contributed by atoms with Gasteiger partial charge in [-0.25, -0.2) is 0 Å². The normalized spacial score (nSPS) is 15.8. The minimum absolute atomic E-state index is 0.0404. The molecular weight excluding hydrogens is 270 g/mol. The van der Waals surface area contributed by atoms with Gasteiger partial charge in [-0.2, -0.15) is 0 Å². The number of carbonyl (C=O) groups is 1. The summed E-state index contributed by atoms with van der Waals surface area (Å²) in [6.45, 7) is 5.35. The summed E-state index contributed by atoms with van der Waals surface area (Å²) in [5, 5.41) is 12.5. The van der Waals surface area contributed by atoms with E-state index < -0.39 is 11.6 Å². The van der Waals surface area contributed by atoms with Crippen LogP contribution in [0.15, 0.2) is 23.1 Å². The van der Waals surface area contributed by atoms with E-state index in [1.165, 1.54) is 24.0 Å². The second-order valence-corrected chi connectivity index (χ2v) is 7.07. The SMILES string of the molecule is CC(O)C(C)(C)NC(=O)CSc1ccc2c(c1)CCC2. The number of aliphatic hydroxyl groups excluding tert-OH is 1. The lowest BCUT2D eigenvalue weighted by Gasteiger charge is -2.29. The maximum Gasteiger partial charge on any atom is 0.230 e. The van der Waals surface area contributed by atoms with E-state index in [0.29, 0.717) is 5.75 Å². The predicted molar refractivity (Wildman–Crippen MR) is 83.1 cm³/mol. The molecule has 4 heteroatoms. The van der Waals surface area contributed by atoms with Gasteiger partial charge in [0, 0.05) is 4.90 Å². The maximum absolute atomic E-state index is 11.9. The smallest absolute Gasteiger partial charge is 0.230 e. The van der Waals surface area contributed by atoms with Gasteiger partial charge < -0.3 is 10.4 Å². The Bertz CT molecular complexity index is 497. The van der Waals surface area contributed by atoms with Gasteiger partial charge in [0.05, 0.1) is 17.4 Å². The Labute approximate surface area is 125 Å². The van der Waals surface area contributed by atoms with Crippen molar-refractivity contribution in [1.82, 2.24) is 5.32 Å². The molecule has 0 radical (unpaired) electrons. The molecule has 0 saturated heterocycles. The Morgan fingerprint density at radius 3 is 2.80 bits per heavy atom. The number of hydrogen-bond acceptors (Lipinski definition) is 3. The number of aliphatic hydroxyl groups is 1. The molecular formula is C16H23NO2S. The third-order valence-electron chi connectivity index (χ3n) is 3.95. The molecule has 20 heavy (non-hydrogen) atoms. The molecule has 1 aliphatic carbocycles. The molecule has 0 heterocycles. The number of rotatable bonds is 5. The first kappa shape index (κ1) is 15.4. The summed E-state index contributed by atoms with van der Waals surface area (Å²) in [4.78, 5) is 13.1. The van der Waals surface area contributed by atoms with Crippen LogP contribution < -0.4 is 5.32 Å². The number of benzene rings is 1. The Balaban J connectivity index is 1.88. The highest BCUT2D eigenvalue weighted by atomic mass is 32.2. The van der Waals surface area contributed by atoms with Crippen LogP contribution in [-0.4, -0.2) is 28.4 Å². The molecule has 1 aromatic rings. The van der Waals surface area contributed by atoms with Crippen LogP contribution in [0.25, 0.3) is 0 Å². The Morgan fingerprint density at radius 2 is 2.10 bits per heavy atom. The van der Waals surface area contributed by atoms with E-state index in [4.69, 9.17) is 0 Å². The Morgan fingerprint density at radius 1 is 1.40 bits per heavy atom. The van der Waals surface area contributed by atoms with Crippen LogP contribution >= 0.6 is 11.8 Å². The van der Waals surface area contributed by atoms with Crippen molar-refractivity contribution < 1.29 is 9.90 Å². The van der Waals surface area contributed by atoms with Crippen LogP contribution in [0.2, 0.25) is 0 Å². The molecule has 2 N–H and O–H groups in total. The number of fused-ring (bicyclic) bond motifs is 1. The molecule has 1 atom stereocenters. The van der Waals surface area contributed by atoms with Gasteiger partial charge in [0.2, 0.25) is 5.91 Å². The summed E-state index contributed by atoms with van der Waals surface area (Å²) in [6, 6.07) is 6.49. The van der Waals surface area contributed by atoms with Crippen LogP contribution in [0.5, 0.6) is 0 Å². The first-order valence-electron chi connectivity index (χ1n) is 7.12. The van der Waals surface area contributed by atoms with Crippen LogP contribution in [0.3, 0.4) is 0 Å². The van der Waals surface area contributed by atoms with Gasteiger partial charge >= 0.3 is 0 Å². The zero-order valence-corrected chi connectivity index (χ0v) is 13.2. The summed E-state index contributed by atoms with van der Waals surface area (Å²) in [5.74, 6) is 0.343. The van der Waals surface area contributed by atoms with Crippen LogP contribution in [-0.2, 0) is 17.6 Å². The number of nitrogens with one attached hydrogen (secondary N) is 1. The fourth-order valence-electron chi connectivity index (χ4n) is 2.29. The summed E-state index contributed by atoms with van der Waals surface area (Å²) in [6.07, 6.45) is 3.01. The van der Waals surface area contributed by atoms with E-state index in [-0.39, 0.29) is 5.91 Å². The second-order valence-electron chi connectivity index (χ2n) is 6.02. The lowest BCUT2D eigenvalue weighted by atomic mass is 9.99. The summed E-state index contributed by atoms with van der Waals surface area (Å²) in [7, 11) is 0. The largest absolute Gasteiger partial charge is 0.391 e. The van der Waals surface area contributed by atoms with Gasteiger partial charge in [0.1, 0.15) is 0 Å². The number of hydrogen-bond donors (Lipinski definition) is 2. The predicted octanol–water partition coefficient (Wildman–Crippen LogP) is 2.54. The highest BCUT2D eigenvalue weighted by Gasteiger charge is 2.25. The lowest BCUT2D eigenvalue weighted by Crippen LogP contribution is -2.51. The second kappa shape index (κ2) is 6.19. The van der Waals surface area contributed by atoms with E-state index in [1.807, 2.05) is 13.8 Å². The maximum atomic E-state index is 11.9. The lowest BCUT2D eigenvalue weighted by molar-refractivity contribution is -0.121. The van der Waals surface area contributed by atoms with E-state index >= 15 is 0 Å². The molecule has 0 saturated carbocycles. The molecule has 0 aromatic heterocycles. The zero-order chi connectivity index (χ0) is 14.8. The summed E-state index contributed by atoms with van der Waals surface area (Å²) >= 11 is 1.55. The number of carbonyl (C=O) groups excluding carboxylic acids is 1. The van der Waals surface area contributed by atoms with Gasteiger partial charge in [-0.15, -0.1) is 11.8 Å². The van der Waals surface area contributed by atoms with E-state index in [0.717, 1.165) is 11.3 Å². The Kier molecular flexibility index (Phi) is 4.76. The Hall–Kier alpha value is -1.00. The van der Waals surface area contributed by atoms with Crippen molar-refractivity contribution in [3.63, 3.8) is 0 Å². The molecule has 2 rings (SSSR count). The number of amides is 1. The first-order valence-corrected chi connectivity index (χ1v) is 8.11. The van der Waals surface area contributed by atoms with Crippen LogP contribution in [0.4, 0.5) is 0 Å². The van der Waals surface area contributed by atoms with Crippen molar-refractivity contribution >= 4 is 17.7 Å². The average Bonchev–Trinajstić information content (AvgIpc) is 2.82. The quantitative estimate of drug-likeness (QED) is 0.820. The molecule has 0 fully saturated rings. The van der Waals surface area contributed by atoms with Crippen molar-refractivity contribution in [2.45, 2.75) is 56.6 Å². The molecule has 0 spiro atoms. The number of thioether (sulfide) groups is 1. The summed E-state index contributed by atoms with van der Waals surface area (Å²) < 4.78 is 0. The number of aryl methyl sites for hydroxylation is 2. The standard InChI is InChI=1S/C16H23NO2S/c1-11(18)16(2,3)17-15(19)10-20-14-8-7-12-5-4-6-13(12)9-14/h7-9,11,18H,4-6,10H2,1-3H3,(H,17,19). The third-order valence-corrected chi connectivity index (χ3v) is 4.94. The van der Waals surface area contributed by atoms with Crippen LogP contribution in [0, 0.1) is 0 Å². The molecule has 0 aliphatic heterocycles. The average molecular weight is 293 g/mol. The van der Waals surface area contributed by atoms with Gasteiger partial charge in [-0.3, -0.25) is 4.79 Å². The molecule has 1 aliphatic rings. The minimum atomic E-state index is -0.588. The minimum Gasteiger partial charge on any atom is -0.391 e.